The van der Waals surface area contributed by atoms with Gasteiger partial charge in [0.1, 0.15) is 29.3 Å². The van der Waals surface area contributed by atoms with E-state index in [1.807, 2.05) is 144 Å². The number of β-amino-alcohol motifs (C(OH)–C–C–N with tert-alkyl or cyclic N) is 3. The van der Waals surface area contributed by atoms with Crippen LogP contribution in [-0.2, 0) is 73.7 Å². The van der Waals surface area contributed by atoms with Crippen LogP contribution in [0.5, 0.6) is 0 Å². The van der Waals surface area contributed by atoms with Gasteiger partial charge in [-0.05, 0) is 130 Å². The number of hydrogen-bond donors (Lipinski definition) is 4. The Hall–Kier alpha value is -9.05. The maximum Gasteiger partial charge on any atom is 0.397 e. The van der Waals surface area contributed by atoms with E-state index in [-0.39, 0.29) is 111 Å². The van der Waals surface area contributed by atoms with Crippen LogP contribution in [0, 0.1) is 38.0 Å². The first kappa shape index (κ1) is 85.9. The third kappa shape index (κ3) is 21.0. The minimum absolute atomic E-state index is 0.0208. The molecule has 23 nitrogen and oxygen atoms in total. The summed E-state index contributed by atoms with van der Waals surface area (Å²) in [6.45, 7) is 27.5. The lowest BCUT2D eigenvalue weighted by molar-refractivity contribution is -0.164. The summed E-state index contributed by atoms with van der Waals surface area (Å²) in [5.41, 5.74) is 13.6. The van der Waals surface area contributed by atoms with E-state index in [0.29, 0.717) is 31.4 Å². The number of ether oxygens (including phenoxy) is 1. The number of likely N-dealkylation sites (N-methyl/N-ethyl adjacent to an activating group) is 1. The van der Waals surface area contributed by atoms with Crippen molar-refractivity contribution in [1.29, 1.82) is 0 Å². The van der Waals surface area contributed by atoms with Gasteiger partial charge in [0.25, 0.3) is 5.91 Å². The van der Waals surface area contributed by atoms with E-state index in [2.05, 4.69) is 32.4 Å². The summed E-state index contributed by atoms with van der Waals surface area (Å²) in [5, 5.41) is 33.7. The number of carbonyl (C=O) groups excluding carboxylic acids is 10. The zero-order valence-corrected chi connectivity index (χ0v) is 69.0. The number of nitrogens with one attached hydrogen (secondary N) is 1. The second kappa shape index (κ2) is 36.6. The number of amides is 6. The van der Waals surface area contributed by atoms with Crippen LogP contribution in [0.4, 0.5) is 0 Å². The number of ketones is 3. The van der Waals surface area contributed by atoms with Gasteiger partial charge >= 0.3 is 11.9 Å². The van der Waals surface area contributed by atoms with E-state index >= 15 is 0 Å². The first-order valence-electron chi connectivity index (χ1n) is 38.0. The maximum absolute atomic E-state index is 14.1. The molecule has 594 valence electrons. The molecule has 7 aromatic rings. The molecule has 1 unspecified atom stereocenters. The van der Waals surface area contributed by atoms with Gasteiger partial charge in [-0.3, -0.25) is 43.2 Å². The molecular weight excluding hydrogens is 1470 g/mol. The quantitative estimate of drug-likeness (QED) is 0.0342. The van der Waals surface area contributed by atoms with Crippen LogP contribution < -0.4 is 5.32 Å². The molecule has 0 radical (unpaired) electrons. The van der Waals surface area contributed by atoms with E-state index in [1.165, 1.54) is 26.5 Å². The molecule has 11 rings (SSSR count). The molecule has 4 N–H and O–H groups in total. The molecule has 4 aliphatic heterocycles. The van der Waals surface area contributed by atoms with Gasteiger partial charge in [0.2, 0.25) is 23.6 Å². The molecule has 0 saturated carbocycles. The predicted octanol–water partition coefficient (Wildman–Crippen LogP) is 11.2. The Morgan fingerprint density at radius 1 is 0.595 bits per heavy atom. The van der Waals surface area contributed by atoms with Gasteiger partial charge in [0.05, 0.1) is 78.6 Å². The van der Waals surface area contributed by atoms with Crippen molar-refractivity contribution in [3.8, 4) is 31.3 Å². The van der Waals surface area contributed by atoms with Gasteiger partial charge in [-0.2, -0.15) is 0 Å². The second-order valence-corrected chi connectivity index (χ2v) is 35.1. The number of aryl methyl sites for hydroxylation is 6. The highest BCUT2D eigenvalue weighted by Crippen LogP contribution is 2.38. The standard InChI is InChI=1S/C31H35N3O4S.C29H39N3O6S.C25H33N3O4S/c1-19(2)27(33-16-23-7-5-6-8-25(23)29(33)37)30(38)34-17-24(35)15-31(34,4)26(36)14-11-21-9-12-22(13-10-21)28-20(3)32-18-39-28;1-17-23(39-16-30-17)19-11-8-18(9-12-19)10-13-22(34)21-14-20(33)15-32(21)26(36)24(28(2,3)4)31-25(35)27(37)38-29(5,6)7;1-15(2)23(27(5)17(4)29)25(32)28-13-20(30)12-21(28)22(31)11-8-18-6-9-19(10-7-18)24-16(3)26-14-33-24/h5-10,12-13,18-19,24,27,35H,11,14-17H2,1-4H3;8-9,11-12,16,20-21,24,33H,10,13-15H2,1-7H3,(H,31,35);6-7,9-10,14-15,20-21,23,30H,8,11-13H2,1-5H3/t24-,27+,31?;20-,21+,24-;20-,21+,23+/m111/s1. The third-order valence-corrected chi connectivity index (χ3v) is 24.0. The Labute approximate surface area is 663 Å². The molecule has 6 amide bonds. The molecule has 4 aromatic carbocycles. The van der Waals surface area contributed by atoms with Gasteiger partial charge in [-0.15, -0.1) is 34.0 Å². The minimum atomic E-state index is -1.13. The van der Waals surface area contributed by atoms with Crippen molar-refractivity contribution >= 4 is 92.8 Å². The van der Waals surface area contributed by atoms with Crippen LogP contribution in [0.25, 0.3) is 31.3 Å². The number of Topliss-reactive ketones (excluding diaryl/α,β-unsaturated/α-hetero) is 3. The monoisotopic (exact) mass is 1570 g/mol. The van der Waals surface area contributed by atoms with Crippen LogP contribution >= 0.6 is 34.0 Å². The van der Waals surface area contributed by atoms with Gasteiger partial charge < -0.3 is 49.9 Å². The molecule has 9 atom stereocenters. The van der Waals surface area contributed by atoms with Crippen molar-refractivity contribution in [2.24, 2.45) is 17.3 Å². The number of likely N-dealkylation sites (tertiary alicyclic amines) is 3. The summed E-state index contributed by atoms with van der Waals surface area (Å²) in [4.78, 5) is 155. The van der Waals surface area contributed by atoms with Gasteiger partial charge in [-0.1, -0.05) is 139 Å². The van der Waals surface area contributed by atoms with Crippen molar-refractivity contribution in [2.75, 3.05) is 26.7 Å². The number of aliphatic hydroxyl groups is 3. The summed E-state index contributed by atoms with van der Waals surface area (Å²) in [7, 11) is 1.60. The van der Waals surface area contributed by atoms with Crippen LogP contribution in [0.3, 0.4) is 0 Å². The summed E-state index contributed by atoms with van der Waals surface area (Å²) < 4.78 is 5.13. The zero-order chi connectivity index (χ0) is 81.3. The lowest BCUT2D eigenvalue weighted by atomic mass is 9.85. The number of benzene rings is 4. The Kier molecular flexibility index (Phi) is 28.4. The van der Waals surface area contributed by atoms with Gasteiger partial charge in [0, 0.05) is 84.2 Å². The Morgan fingerprint density at radius 2 is 1.03 bits per heavy atom. The number of hydrogen-bond acceptors (Lipinski definition) is 20. The molecule has 0 bridgehead atoms. The second-order valence-electron chi connectivity index (χ2n) is 32.5. The van der Waals surface area contributed by atoms with Crippen molar-refractivity contribution in [3.05, 3.63) is 158 Å². The first-order chi connectivity index (χ1) is 52.3. The summed E-state index contributed by atoms with van der Waals surface area (Å²) in [6, 6.07) is 27.7. The van der Waals surface area contributed by atoms with Gasteiger partial charge in [0.15, 0.2) is 17.3 Å². The smallest absolute Gasteiger partial charge is 0.397 e. The largest absolute Gasteiger partial charge is 0.453 e. The Morgan fingerprint density at radius 3 is 1.41 bits per heavy atom. The minimum Gasteiger partial charge on any atom is -0.453 e. The third-order valence-electron chi connectivity index (χ3n) is 21.0. The normalized spacial score (nSPS) is 19.7. The van der Waals surface area contributed by atoms with E-state index in [4.69, 9.17) is 4.74 Å². The zero-order valence-electron chi connectivity index (χ0n) is 66.6. The summed E-state index contributed by atoms with van der Waals surface area (Å²) in [6.07, 6.45) is 0.530. The molecule has 0 spiro atoms. The maximum atomic E-state index is 14.1. The SMILES string of the molecule is CC(=O)N(C)[C@H](C(=O)N1C[C@H](O)C[C@H]1C(=O)CCc1ccc(-c2scnc2C)cc1)C(C)C.Cc1ncsc1-c1ccc(CCC(=O)C2(C)C[C@@H](O)CN2C(=O)[C@H](C(C)C)N2Cc3ccccc3C2=O)cc1.Cc1ncsc1-c1ccc(CCC(=O)[C@@H]2C[C@@H](O)CN2C(=O)[C@@H](NC(=O)C(=O)OC(C)(C)C)C(C)(C)C)cc1. The number of aromatic nitrogens is 3. The molecule has 3 fully saturated rings. The number of aliphatic hydroxyl groups excluding tert-OH is 3. The fraction of sp³-hybridized carbons (Fsp3) is 0.494. The predicted molar refractivity (Wildman–Crippen MR) is 429 cm³/mol. The molecule has 3 aromatic heterocycles. The molecule has 111 heavy (non-hydrogen) atoms. The lowest BCUT2D eigenvalue weighted by Crippen LogP contribution is -2.58. The van der Waals surface area contributed by atoms with Crippen molar-refractivity contribution < 1.29 is 68.0 Å². The number of fused-ring (bicyclic) bond motifs is 1. The van der Waals surface area contributed by atoms with E-state index in [0.717, 1.165) is 70.7 Å². The molecular formula is C85H107N9O14S3. The fourth-order valence-corrected chi connectivity index (χ4v) is 17.4. The summed E-state index contributed by atoms with van der Waals surface area (Å²) in [5.74, 6) is -4.12. The van der Waals surface area contributed by atoms with Crippen LogP contribution in [0.1, 0.15) is 171 Å². The molecule has 26 heteroatoms. The molecule has 0 aliphatic carbocycles. The highest BCUT2D eigenvalue weighted by atomic mass is 32.1. The number of esters is 1. The van der Waals surface area contributed by atoms with Crippen LogP contribution in [0.15, 0.2) is 114 Å². The average molecular weight is 1580 g/mol. The van der Waals surface area contributed by atoms with Crippen molar-refractivity contribution in [1.82, 2.24) is 44.8 Å². The topological polar surface area (TPSA) is 308 Å². The highest BCUT2D eigenvalue weighted by Gasteiger charge is 2.53. The van der Waals surface area contributed by atoms with Crippen LogP contribution in [-0.4, -0.2) is 200 Å². The molecule has 4 aliphatic rings. The first-order valence-corrected chi connectivity index (χ1v) is 40.6. The number of carbonyl (C=O) groups is 10. The Balaban J connectivity index is 0.000000192. The van der Waals surface area contributed by atoms with E-state index < -0.39 is 82.9 Å². The highest BCUT2D eigenvalue weighted by molar-refractivity contribution is 7.14. The average Bonchev–Trinajstić information content (AvgIpc) is 1.61. The number of rotatable bonds is 23. The lowest BCUT2D eigenvalue weighted by Gasteiger charge is -2.39. The van der Waals surface area contributed by atoms with Gasteiger partial charge in [-0.25, -0.2) is 19.7 Å². The van der Waals surface area contributed by atoms with Crippen molar-refractivity contribution in [3.63, 3.8) is 0 Å². The fourth-order valence-electron chi connectivity index (χ4n) is 15.0. The summed E-state index contributed by atoms with van der Waals surface area (Å²) >= 11 is 4.79. The molecule has 3 saturated heterocycles. The molecule has 7 heterocycles. The van der Waals surface area contributed by atoms with Crippen molar-refractivity contribution in [2.45, 2.75) is 228 Å². The number of thiazole rings is 3. The van der Waals surface area contributed by atoms with E-state index in [1.54, 1.807) is 100 Å². The number of nitrogens with zero attached hydrogens (tertiary/aromatic N) is 8. The van der Waals surface area contributed by atoms with E-state index in [9.17, 15) is 63.3 Å². The Bertz CT molecular complexity index is 4500. The van der Waals surface area contributed by atoms with Crippen LogP contribution in [0.2, 0.25) is 0 Å².